The molecule has 0 fully saturated rings. The van der Waals surface area contributed by atoms with Gasteiger partial charge in [-0.15, -0.1) is 0 Å². The molecule has 1 atom stereocenters. The van der Waals surface area contributed by atoms with Gasteiger partial charge < -0.3 is 24.4 Å². The molecule has 1 unspecified atom stereocenters. The van der Waals surface area contributed by atoms with E-state index in [1.54, 1.807) is 13.3 Å². The van der Waals surface area contributed by atoms with Crippen LogP contribution >= 0.6 is 0 Å². The van der Waals surface area contributed by atoms with Crippen molar-refractivity contribution in [2.75, 3.05) is 7.11 Å². The molecule has 0 aliphatic rings. The minimum absolute atomic E-state index is 0.0775. The minimum Gasteiger partial charge on any atom is -0.496 e. The van der Waals surface area contributed by atoms with E-state index in [1.807, 2.05) is 31.2 Å². The van der Waals surface area contributed by atoms with E-state index in [4.69, 9.17) is 29.2 Å². The number of nitrogens with two attached hydrogens (primary N) is 1. The number of ketones is 1. The molecule has 0 aliphatic heterocycles. The molecule has 4 rings (SSSR count). The lowest BCUT2D eigenvalue weighted by Gasteiger charge is -2.09. The number of nitrogens with zero attached hydrogens (tertiary/aromatic N) is 3. The molecule has 0 aliphatic carbocycles. The first-order chi connectivity index (χ1) is 18.5. The molecular weight excluding hydrogens is 521 g/mol. The fraction of sp³-hybridized carbons (Fsp3) is 0.346. The largest absolute Gasteiger partial charge is 0.496 e. The number of alkyl halides is 3. The number of unbranched alkanes of at least 4 members (excludes halogenated alkanes) is 2. The molecule has 3 heterocycles. The third-order valence-electron chi connectivity index (χ3n) is 5.59. The number of hydrogen-bond donors (Lipinski definition) is 2. The summed E-state index contributed by atoms with van der Waals surface area (Å²) in [4.78, 5) is 33.6. The molecule has 0 radical (unpaired) electrons. The van der Waals surface area contributed by atoms with Crippen LogP contribution < -0.4 is 10.5 Å². The van der Waals surface area contributed by atoms with Crippen LogP contribution in [0.5, 0.6) is 5.75 Å². The molecule has 4 aromatic rings. The zero-order chi connectivity index (χ0) is 28.6. The Morgan fingerprint density at radius 2 is 1.90 bits per heavy atom. The molecule has 13 heteroatoms. The number of methoxy groups -OCH3 is 1. The number of halogens is 3. The first kappa shape index (κ1) is 29.3. The maximum Gasteiger partial charge on any atom is 0.490 e. The number of Topliss-reactive ketones (excluding diaryl/α,β-unsaturated/α-hetero) is 1. The number of carboxylic acids is 1. The fourth-order valence-corrected chi connectivity index (χ4v) is 3.62. The monoisotopic (exact) mass is 548 g/mol. The average Bonchev–Trinajstić information content (AvgIpc) is 3.60. The Bertz CT molecular complexity index is 1400. The third-order valence-corrected chi connectivity index (χ3v) is 5.59. The summed E-state index contributed by atoms with van der Waals surface area (Å²) in [5.74, 6) is -0.906. The lowest BCUT2D eigenvalue weighted by atomic mass is 10.1. The van der Waals surface area contributed by atoms with E-state index < -0.39 is 12.1 Å². The van der Waals surface area contributed by atoms with Crippen molar-refractivity contribution in [2.24, 2.45) is 5.73 Å². The number of carbonyl (C=O) groups is 2. The van der Waals surface area contributed by atoms with Crippen LogP contribution in [0.15, 0.2) is 51.8 Å². The van der Waals surface area contributed by atoms with Crippen molar-refractivity contribution >= 4 is 22.7 Å². The van der Waals surface area contributed by atoms with Crippen molar-refractivity contribution in [3.8, 4) is 17.1 Å². The van der Waals surface area contributed by atoms with Crippen molar-refractivity contribution in [1.82, 2.24) is 15.0 Å². The number of benzene rings is 1. The Labute approximate surface area is 221 Å². The Kier molecular flexibility index (Phi) is 9.77. The SMILES string of the molecule is COc1cc2nc(C)ccc2cc1-c1cnc(C(N)CCCCCC(=O)c2ncco2)o1.O=C(O)C(F)(F)F. The Morgan fingerprint density at radius 1 is 1.15 bits per heavy atom. The van der Waals surface area contributed by atoms with E-state index in [1.165, 1.54) is 12.5 Å². The highest BCUT2D eigenvalue weighted by molar-refractivity contribution is 5.91. The lowest BCUT2D eigenvalue weighted by molar-refractivity contribution is -0.192. The minimum atomic E-state index is -5.08. The first-order valence-electron chi connectivity index (χ1n) is 11.9. The highest BCUT2D eigenvalue weighted by atomic mass is 19.4. The summed E-state index contributed by atoms with van der Waals surface area (Å²) in [7, 11) is 1.62. The molecule has 3 N–H and O–H groups in total. The van der Waals surface area contributed by atoms with Crippen molar-refractivity contribution in [3.63, 3.8) is 0 Å². The molecule has 0 saturated carbocycles. The van der Waals surface area contributed by atoms with Gasteiger partial charge in [0.05, 0.1) is 36.6 Å². The summed E-state index contributed by atoms with van der Waals surface area (Å²) in [6.45, 7) is 1.96. The van der Waals surface area contributed by atoms with Crippen LogP contribution in [-0.4, -0.2) is 45.1 Å². The standard InChI is InChI=1S/C24H26N4O4.C2HF3O2/c1-15-8-9-16-12-17(21(30-2)13-19(16)28-15)22-14-27-23(32-22)18(25)6-4-3-5-7-20(29)24-26-10-11-31-24;3-2(4,5)1(6)7/h8-14,18H,3-7,25H2,1-2H3;(H,6,7). The number of carbonyl (C=O) groups excluding carboxylic acids is 1. The lowest BCUT2D eigenvalue weighted by Crippen LogP contribution is -2.21. The number of ether oxygens (including phenoxy) is 1. The Balaban J connectivity index is 0.000000532. The van der Waals surface area contributed by atoms with Gasteiger partial charge in [0.15, 0.2) is 5.76 Å². The van der Waals surface area contributed by atoms with Crippen LogP contribution in [0.4, 0.5) is 13.2 Å². The van der Waals surface area contributed by atoms with Gasteiger partial charge >= 0.3 is 12.1 Å². The fourth-order valence-electron chi connectivity index (χ4n) is 3.62. The predicted molar refractivity (Wildman–Crippen MR) is 133 cm³/mol. The number of pyridine rings is 1. The zero-order valence-corrected chi connectivity index (χ0v) is 21.2. The number of aryl methyl sites for hydroxylation is 1. The number of carboxylic acid groups (broad SMARTS) is 1. The summed E-state index contributed by atoms with van der Waals surface area (Å²) in [5.41, 5.74) is 8.91. The second kappa shape index (κ2) is 13.0. The van der Waals surface area contributed by atoms with E-state index in [0.717, 1.165) is 41.4 Å². The third kappa shape index (κ3) is 8.11. The summed E-state index contributed by atoms with van der Waals surface area (Å²) >= 11 is 0. The Hall–Kier alpha value is -4.26. The second-order valence-electron chi connectivity index (χ2n) is 8.53. The molecule has 0 amide bonds. The molecule has 1 aromatic carbocycles. The molecule has 0 spiro atoms. The highest BCUT2D eigenvalue weighted by Gasteiger charge is 2.38. The summed E-state index contributed by atoms with van der Waals surface area (Å²) in [5, 5.41) is 8.12. The highest BCUT2D eigenvalue weighted by Crippen LogP contribution is 2.35. The first-order valence-corrected chi connectivity index (χ1v) is 11.9. The van der Waals surface area contributed by atoms with Crippen molar-refractivity contribution in [1.29, 1.82) is 0 Å². The van der Waals surface area contributed by atoms with Crippen LogP contribution in [0.2, 0.25) is 0 Å². The summed E-state index contributed by atoms with van der Waals surface area (Å²) in [6.07, 6.45) is 3.09. The van der Waals surface area contributed by atoms with E-state index in [-0.39, 0.29) is 17.7 Å². The maximum absolute atomic E-state index is 11.9. The smallest absolute Gasteiger partial charge is 0.490 e. The number of rotatable bonds is 10. The van der Waals surface area contributed by atoms with Crippen LogP contribution in [0.3, 0.4) is 0 Å². The molecule has 39 heavy (non-hydrogen) atoms. The zero-order valence-electron chi connectivity index (χ0n) is 21.2. The topological polar surface area (TPSA) is 155 Å². The van der Waals surface area contributed by atoms with Crippen LogP contribution in [-0.2, 0) is 4.79 Å². The van der Waals surface area contributed by atoms with Gasteiger partial charge in [0.25, 0.3) is 5.89 Å². The number of aliphatic carboxylic acids is 1. The quantitative estimate of drug-likeness (QED) is 0.187. The maximum atomic E-state index is 11.9. The molecule has 0 bridgehead atoms. The number of fused-ring (bicyclic) bond motifs is 1. The molecule has 0 saturated heterocycles. The normalized spacial score (nSPS) is 12.1. The van der Waals surface area contributed by atoms with Gasteiger partial charge in [-0.1, -0.05) is 18.9 Å². The van der Waals surface area contributed by atoms with E-state index in [9.17, 15) is 18.0 Å². The van der Waals surface area contributed by atoms with E-state index in [2.05, 4.69) is 15.0 Å². The van der Waals surface area contributed by atoms with Crippen molar-refractivity contribution in [2.45, 2.75) is 51.2 Å². The van der Waals surface area contributed by atoms with Gasteiger partial charge in [0, 0.05) is 23.6 Å². The van der Waals surface area contributed by atoms with Gasteiger partial charge in [0.1, 0.15) is 12.0 Å². The van der Waals surface area contributed by atoms with Gasteiger partial charge in [-0.05, 0) is 31.9 Å². The van der Waals surface area contributed by atoms with Crippen LogP contribution in [0, 0.1) is 6.92 Å². The summed E-state index contributed by atoms with van der Waals surface area (Å²) in [6, 6.07) is 7.57. The second-order valence-corrected chi connectivity index (χ2v) is 8.53. The number of hydrogen-bond acceptors (Lipinski definition) is 9. The molecule has 10 nitrogen and oxygen atoms in total. The van der Waals surface area contributed by atoms with Crippen molar-refractivity contribution < 1.29 is 41.4 Å². The van der Waals surface area contributed by atoms with Gasteiger partial charge in [0.2, 0.25) is 11.7 Å². The molecular formula is C26H27F3N4O6. The van der Waals surface area contributed by atoms with E-state index >= 15 is 0 Å². The van der Waals surface area contributed by atoms with Gasteiger partial charge in [-0.25, -0.2) is 14.8 Å². The molecule has 208 valence electrons. The Morgan fingerprint density at radius 3 is 2.54 bits per heavy atom. The van der Waals surface area contributed by atoms with Crippen LogP contribution in [0.1, 0.15) is 60.4 Å². The van der Waals surface area contributed by atoms with Crippen molar-refractivity contribution in [3.05, 3.63) is 60.4 Å². The van der Waals surface area contributed by atoms with E-state index in [0.29, 0.717) is 30.2 Å². The average molecular weight is 549 g/mol. The predicted octanol–water partition coefficient (Wildman–Crippen LogP) is 5.66. The van der Waals surface area contributed by atoms with Gasteiger partial charge in [-0.2, -0.15) is 13.2 Å². The summed E-state index contributed by atoms with van der Waals surface area (Å²) < 4.78 is 48.3. The van der Waals surface area contributed by atoms with Gasteiger partial charge in [-0.3, -0.25) is 9.78 Å². The molecule has 3 aromatic heterocycles. The number of oxazole rings is 2. The van der Waals surface area contributed by atoms with Crippen LogP contribution in [0.25, 0.3) is 22.2 Å². The number of aromatic nitrogens is 3.